The zero-order chi connectivity index (χ0) is 16.8. The van der Waals surface area contributed by atoms with Crippen molar-refractivity contribution in [3.05, 3.63) is 106 Å². The van der Waals surface area contributed by atoms with Crippen molar-refractivity contribution in [2.24, 2.45) is 0 Å². The molecule has 0 saturated carbocycles. The third-order valence-electron chi connectivity index (χ3n) is 3.70. The summed E-state index contributed by atoms with van der Waals surface area (Å²) in [5.41, 5.74) is 3.92. The summed E-state index contributed by atoms with van der Waals surface area (Å²) in [5.74, 6) is 1.95. The minimum Gasteiger partial charge on any atom is -0.289 e. The highest BCUT2D eigenvalue weighted by Gasteiger charge is 2.08. The molecule has 0 atom stereocenters. The Bertz CT molecular complexity index is 796. The van der Waals surface area contributed by atoms with E-state index in [1.165, 1.54) is 11.1 Å². The van der Waals surface area contributed by atoms with Crippen LogP contribution in [0.25, 0.3) is 0 Å². The van der Waals surface area contributed by atoms with Crippen LogP contribution in [0.3, 0.4) is 0 Å². The number of hydrogen-bond donors (Lipinski definition) is 0. The molecule has 24 heavy (non-hydrogen) atoms. The van der Waals surface area contributed by atoms with Crippen LogP contribution in [0.2, 0.25) is 5.02 Å². The van der Waals surface area contributed by atoms with Crippen molar-refractivity contribution in [1.29, 1.82) is 0 Å². The first kappa shape index (κ1) is 16.8. The minimum atomic E-state index is 0.0233. The molecule has 0 heterocycles. The third-order valence-corrected chi connectivity index (χ3v) is 5.03. The van der Waals surface area contributed by atoms with E-state index in [4.69, 9.17) is 11.6 Å². The van der Waals surface area contributed by atoms with Crippen LogP contribution in [0.4, 0.5) is 0 Å². The Balaban J connectivity index is 1.58. The monoisotopic (exact) mass is 352 g/mol. The molecule has 0 saturated heterocycles. The van der Waals surface area contributed by atoms with E-state index in [1.807, 2.05) is 42.1 Å². The molecule has 0 N–H and O–H groups in total. The maximum absolute atomic E-state index is 12.4. The normalized spacial score (nSPS) is 10.5. The van der Waals surface area contributed by atoms with E-state index in [0.717, 1.165) is 11.5 Å². The second-order valence-electron chi connectivity index (χ2n) is 5.51. The highest BCUT2D eigenvalue weighted by Crippen LogP contribution is 2.19. The lowest BCUT2D eigenvalue weighted by Crippen LogP contribution is -2.00. The quantitative estimate of drug-likeness (QED) is 0.506. The Kier molecular flexibility index (Phi) is 5.73. The van der Waals surface area contributed by atoms with Crippen molar-refractivity contribution in [3.8, 4) is 0 Å². The molecular formula is C21H17ClOS. The van der Waals surface area contributed by atoms with Gasteiger partial charge in [-0.1, -0.05) is 66.2 Å². The van der Waals surface area contributed by atoms with E-state index in [2.05, 4.69) is 24.3 Å². The summed E-state index contributed by atoms with van der Waals surface area (Å²) in [4.78, 5) is 12.4. The Morgan fingerprint density at radius 3 is 1.79 bits per heavy atom. The summed E-state index contributed by atoms with van der Waals surface area (Å²) >= 11 is 7.73. The molecule has 3 rings (SSSR count). The SMILES string of the molecule is O=C(c1ccc(Cl)cc1)c1ccc(CSCc2ccccc2)cc1. The summed E-state index contributed by atoms with van der Waals surface area (Å²) in [5, 5.41) is 0.636. The van der Waals surface area contributed by atoms with Crippen LogP contribution in [0.15, 0.2) is 78.9 Å². The summed E-state index contributed by atoms with van der Waals surface area (Å²) in [6.07, 6.45) is 0. The second kappa shape index (κ2) is 8.18. The molecule has 0 unspecified atom stereocenters. The molecule has 0 aliphatic carbocycles. The van der Waals surface area contributed by atoms with Gasteiger partial charge in [0.25, 0.3) is 0 Å². The predicted molar refractivity (Wildman–Crippen MR) is 103 cm³/mol. The van der Waals surface area contributed by atoms with E-state index in [0.29, 0.717) is 16.1 Å². The van der Waals surface area contributed by atoms with E-state index in [1.54, 1.807) is 24.3 Å². The van der Waals surface area contributed by atoms with E-state index in [-0.39, 0.29) is 5.78 Å². The van der Waals surface area contributed by atoms with E-state index in [9.17, 15) is 4.79 Å². The van der Waals surface area contributed by atoms with Gasteiger partial charge in [0.1, 0.15) is 0 Å². The van der Waals surface area contributed by atoms with Crippen molar-refractivity contribution >= 4 is 29.1 Å². The largest absolute Gasteiger partial charge is 0.289 e. The van der Waals surface area contributed by atoms with Gasteiger partial charge in [-0.05, 0) is 35.4 Å². The lowest BCUT2D eigenvalue weighted by atomic mass is 10.0. The first-order chi connectivity index (χ1) is 11.7. The zero-order valence-electron chi connectivity index (χ0n) is 13.1. The van der Waals surface area contributed by atoms with Gasteiger partial charge in [-0.3, -0.25) is 4.79 Å². The summed E-state index contributed by atoms with van der Waals surface area (Å²) in [6.45, 7) is 0. The molecule has 1 nitrogen and oxygen atoms in total. The van der Waals surface area contributed by atoms with Crippen LogP contribution in [-0.4, -0.2) is 5.78 Å². The lowest BCUT2D eigenvalue weighted by Gasteiger charge is -2.05. The maximum atomic E-state index is 12.4. The fourth-order valence-corrected chi connectivity index (χ4v) is 3.47. The smallest absolute Gasteiger partial charge is 0.193 e. The lowest BCUT2D eigenvalue weighted by molar-refractivity contribution is 0.103. The number of benzene rings is 3. The number of carbonyl (C=O) groups excluding carboxylic acids is 1. The molecule has 0 radical (unpaired) electrons. The number of halogens is 1. The van der Waals surface area contributed by atoms with Crippen LogP contribution in [-0.2, 0) is 11.5 Å². The fraction of sp³-hybridized carbons (Fsp3) is 0.0952. The minimum absolute atomic E-state index is 0.0233. The van der Waals surface area contributed by atoms with Gasteiger partial charge in [0.2, 0.25) is 0 Å². The average Bonchev–Trinajstić information content (AvgIpc) is 2.63. The van der Waals surface area contributed by atoms with Crippen LogP contribution in [0.5, 0.6) is 0 Å². The standard InChI is InChI=1S/C21H17ClOS/c22-20-12-10-19(11-13-20)21(23)18-8-6-17(7-9-18)15-24-14-16-4-2-1-3-5-16/h1-13H,14-15H2. The molecule has 0 spiro atoms. The zero-order valence-corrected chi connectivity index (χ0v) is 14.7. The molecule has 0 aliphatic rings. The summed E-state index contributed by atoms with van der Waals surface area (Å²) in [7, 11) is 0. The topological polar surface area (TPSA) is 17.1 Å². The third kappa shape index (κ3) is 4.50. The second-order valence-corrected chi connectivity index (χ2v) is 6.93. The Morgan fingerprint density at radius 1 is 0.708 bits per heavy atom. The number of hydrogen-bond acceptors (Lipinski definition) is 2. The molecule has 0 fully saturated rings. The van der Waals surface area contributed by atoms with Gasteiger partial charge in [-0.15, -0.1) is 0 Å². The molecule has 3 aromatic carbocycles. The molecule has 3 heteroatoms. The van der Waals surface area contributed by atoms with E-state index < -0.39 is 0 Å². The van der Waals surface area contributed by atoms with Gasteiger partial charge in [-0.25, -0.2) is 0 Å². The Hall–Kier alpha value is -2.03. The van der Waals surface area contributed by atoms with Crippen LogP contribution < -0.4 is 0 Å². The molecule has 3 aromatic rings. The van der Waals surface area contributed by atoms with Crippen LogP contribution >= 0.6 is 23.4 Å². The van der Waals surface area contributed by atoms with Gasteiger partial charge in [0.05, 0.1) is 0 Å². The van der Waals surface area contributed by atoms with Crippen molar-refractivity contribution in [1.82, 2.24) is 0 Å². The van der Waals surface area contributed by atoms with Gasteiger partial charge >= 0.3 is 0 Å². The highest BCUT2D eigenvalue weighted by atomic mass is 35.5. The number of carbonyl (C=O) groups is 1. The Morgan fingerprint density at radius 2 is 1.21 bits per heavy atom. The molecular weight excluding hydrogens is 336 g/mol. The predicted octanol–water partition coefficient (Wildman–Crippen LogP) is 6.00. The summed E-state index contributed by atoms with van der Waals surface area (Å²) in [6, 6.07) is 25.3. The van der Waals surface area contributed by atoms with Crippen LogP contribution in [0.1, 0.15) is 27.0 Å². The number of ketones is 1. The van der Waals surface area contributed by atoms with Crippen molar-refractivity contribution in [2.45, 2.75) is 11.5 Å². The number of rotatable bonds is 6. The van der Waals surface area contributed by atoms with Crippen molar-refractivity contribution < 1.29 is 4.79 Å². The fourth-order valence-electron chi connectivity index (χ4n) is 2.38. The first-order valence-electron chi connectivity index (χ1n) is 7.73. The van der Waals surface area contributed by atoms with Gasteiger partial charge in [-0.2, -0.15) is 11.8 Å². The van der Waals surface area contributed by atoms with Gasteiger partial charge < -0.3 is 0 Å². The molecule has 120 valence electrons. The first-order valence-corrected chi connectivity index (χ1v) is 9.26. The maximum Gasteiger partial charge on any atom is 0.193 e. The number of thioether (sulfide) groups is 1. The molecule has 0 bridgehead atoms. The molecule has 0 aromatic heterocycles. The highest BCUT2D eigenvalue weighted by molar-refractivity contribution is 7.97. The summed E-state index contributed by atoms with van der Waals surface area (Å²) < 4.78 is 0. The molecule has 0 aliphatic heterocycles. The van der Waals surface area contributed by atoms with Gasteiger partial charge in [0, 0.05) is 27.7 Å². The van der Waals surface area contributed by atoms with Gasteiger partial charge in [0.15, 0.2) is 5.78 Å². The van der Waals surface area contributed by atoms with Crippen molar-refractivity contribution in [3.63, 3.8) is 0 Å². The van der Waals surface area contributed by atoms with Crippen LogP contribution in [0, 0.1) is 0 Å². The average molecular weight is 353 g/mol. The van der Waals surface area contributed by atoms with E-state index >= 15 is 0 Å². The van der Waals surface area contributed by atoms with Crippen molar-refractivity contribution in [2.75, 3.05) is 0 Å². The Labute approximate surface area is 151 Å². The molecule has 0 amide bonds.